The van der Waals surface area contributed by atoms with Crippen LogP contribution in [0.5, 0.6) is 0 Å². The molecule has 152 valence electrons. The Morgan fingerprint density at radius 2 is 2.07 bits per heavy atom. The van der Waals surface area contributed by atoms with Crippen LogP contribution in [0.3, 0.4) is 0 Å². The number of pyridine rings is 1. The molecule has 0 aliphatic carbocycles. The summed E-state index contributed by atoms with van der Waals surface area (Å²) in [7, 11) is 0. The van der Waals surface area contributed by atoms with Crippen LogP contribution >= 0.6 is 11.3 Å². The third kappa shape index (κ3) is 6.23. The Labute approximate surface area is 172 Å². The fourth-order valence-corrected chi connectivity index (χ4v) is 3.31. The molecule has 7 nitrogen and oxygen atoms in total. The molecule has 0 aliphatic rings. The summed E-state index contributed by atoms with van der Waals surface area (Å²) in [4.78, 5) is 21.6. The monoisotopic (exact) mass is 414 g/mol. The van der Waals surface area contributed by atoms with Crippen LogP contribution < -0.4 is 21.7 Å². The first-order valence-corrected chi connectivity index (χ1v) is 10.1. The van der Waals surface area contributed by atoms with Crippen molar-refractivity contribution in [2.45, 2.75) is 19.4 Å². The van der Waals surface area contributed by atoms with Crippen molar-refractivity contribution in [2.24, 2.45) is 5.73 Å². The number of unbranched alkanes of at least 4 members (excludes halogenated alkanes) is 1. The van der Waals surface area contributed by atoms with Gasteiger partial charge in [-0.25, -0.2) is 14.4 Å². The van der Waals surface area contributed by atoms with Gasteiger partial charge in [-0.05, 0) is 49.7 Å². The summed E-state index contributed by atoms with van der Waals surface area (Å²) in [6.45, 7) is 1.53. The third-order valence-corrected chi connectivity index (χ3v) is 4.96. The van der Waals surface area contributed by atoms with E-state index in [1.54, 1.807) is 12.4 Å². The standard InChI is InChI=1S/C20H23FN6OS/c21-16-7-6-14(19(28)24-10-4-2-8-22)11-17(16)25-12-15-13-26-20(29-15)27-18-5-1-3-9-23-18/h1,3,5-7,9,11,13,25H,2,4,8,10,12,22H2,(H,24,28)(H,23,26,27). The summed E-state index contributed by atoms with van der Waals surface area (Å²) >= 11 is 1.44. The van der Waals surface area contributed by atoms with E-state index in [0.29, 0.717) is 36.1 Å². The Bertz CT molecular complexity index is 934. The second-order valence-corrected chi connectivity index (χ2v) is 7.39. The average Bonchev–Trinajstić information content (AvgIpc) is 3.18. The molecule has 3 rings (SSSR count). The fraction of sp³-hybridized carbons (Fsp3) is 0.250. The maximum Gasteiger partial charge on any atom is 0.251 e. The maximum atomic E-state index is 14.1. The number of hydrogen-bond acceptors (Lipinski definition) is 7. The lowest BCUT2D eigenvalue weighted by Gasteiger charge is -2.09. The summed E-state index contributed by atoms with van der Waals surface area (Å²) in [5.41, 5.74) is 6.12. The van der Waals surface area contributed by atoms with E-state index < -0.39 is 5.82 Å². The molecule has 1 amide bonds. The molecule has 0 saturated heterocycles. The van der Waals surface area contributed by atoms with Crippen LogP contribution in [0, 0.1) is 5.82 Å². The minimum absolute atomic E-state index is 0.232. The quantitative estimate of drug-likeness (QED) is 0.379. The van der Waals surface area contributed by atoms with Crippen molar-refractivity contribution >= 4 is 33.9 Å². The second kappa shape index (κ2) is 10.5. The number of carbonyl (C=O) groups is 1. The SMILES string of the molecule is NCCCCNC(=O)c1ccc(F)c(NCc2cnc(Nc3ccccn3)s2)c1. The van der Waals surface area contributed by atoms with Crippen molar-refractivity contribution in [3.05, 3.63) is 65.0 Å². The predicted octanol–water partition coefficient (Wildman–Crippen LogP) is 3.50. The largest absolute Gasteiger partial charge is 0.378 e. The molecule has 0 fully saturated rings. The van der Waals surface area contributed by atoms with Crippen molar-refractivity contribution in [3.63, 3.8) is 0 Å². The van der Waals surface area contributed by atoms with Crippen LogP contribution in [-0.2, 0) is 6.54 Å². The zero-order valence-electron chi connectivity index (χ0n) is 15.8. The normalized spacial score (nSPS) is 10.6. The van der Waals surface area contributed by atoms with Gasteiger partial charge in [-0.3, -0.25) is 4.79 Å². The number of thiazole rings is 1. The Hall–Kier alpha value is -3.04. The van der Waals surface area contributed by atoms with Crippen LogP contribution in [0.15, 0.2) is 48.8 Å². The molecule has 2 heterocycles. The Morgan fingerprint density at radius 1 is 1.17 bits per heavy atom. The van der Waals surface area contributed by atoms with E-state index >= 15 is 0 Å². The molecule has 0 aliphatic heterocycles. The van der Waals surface area contributed by atoms with Crippen molar-refractivity contribution in [2.75, 3.05) is 23.7 Å². The van der Waals surface area contributed by atoms with E-state index in [-0.39, 0.29) is 11.6 Å². The number of nitrogens with one attached hydrogen (secondary N) is 3. The third-order valence-electron chi connectivity index (χ3n) is 4.05. The molecule has 29 heavy (non-hydrogen) atoms. The smallest absolute Gasteiger partial charge is 0.251 e. The summed E-state index contributed by atoms with van der Waals surface area (Å²) in [5.74, 6) is 0.0586. The topological polar surface area (TPSA) is 105 Å². The molecule has 3 aromatic rings. The van der Waals surface area contributed by atoms with Crippen LogP contribution in [0.2, 0.25) is 0 Å². The van der Waals surface area contributed by atoms with Gasteiger partial charge >= 0.3 is 0 Å². The number of halogens is 1. The number of carbonyl (C=O) groups excluding carboxylic acids is 1. The van der Waals surface area contributed by atoms with Crippen LogP contribution in [0.4, 0.5) is 21.0 Å². The minimum Gasteiger partial charge on any atom is -0.378 e. The summed E-state index contributed by atoms with van der Waals surface area (Å²) in [6, 6.07) is 9.85. The number of amides is 1. The Kier molecular flexibility index (Phi) is 7.48. The van der Waals surface area contributed by atoms with E-state index in [0.717, 1.165) is 17.7 Å². The first kappa shape index (κ1) is 20.7. The first-order chi connectivity index (χ1) is 14.2. The zero-order chi connectivity index (χ0) is 20.5. The molecule has 5 N–H and O–H groups in total. The van der Waals surface area contributed by atoms with Gasteiger partial charge in [0.05, 0.1) is 12.2 Å². The molecule has 0 spiro atoms. The van der Waals surface area contributed by atoms with Gasteiger partial charge < -0.3 is 21.7 Å². The molecule has 0 saturated carbocycles. The minimum atomic E-state index is -0.416. The van der Waals surface area contributed by atoms with E-state index in [9.17, 15) is 9.18 Å². The number of aromatic nitrogens is 2. The lowest BCUT2D eigenvalue weighted by Crippen LogP contribution is -2.25. The summed E-state index contributed by atoms with van der Waals surface area (Å²) in [5, 5.41) is 9.67. The molecule has 2 aromatic heterocycles. The highest BCUT2D eigenvalue weighted by molar-refractivity contribution is 7.15. The van der Waals surface area contributed by atoms with E-state index in [1.807, 2.05) is 18.2 Å². The van der Waals surface area contributed by atoms with Crippen molar-refractivity contribution < 1.29 is 9.18 Å². The van der Waals surface area contributed by atoms with Crippen LogP contribution in [-0.4, -0.2) is 29.0 Å². The van der Waals surface area contributed by atoms with Gasteiger partial charge in [-0.1, -0.05) is 17.4 Å². The van der Waals surface area contributed by atoms with Crippen molar-refractivity contribution in [3.8, 4) is 0 Å². The van der Waals surface area contributed by atoms with Gasteiger partial charge in [0.2, 0.25) is 0 Å². The summed E-state index contributed by atoms with van der Waals surface area (Å²) in [6.07, 6.45) is 5.08. The Balaban J connectivity index is 1.57. The molecule has 0 unspecified atom stereocenters. The lowest BCUT2D eigenvalue weighted by molar-refractivity contribution is 0.0953. The molecule has 9 heteroatoms. The highest BCUT2D eigenvalue weighted by Gasteiger charge is 2.10. The highest BCUT2D eigenvalue weighted by Crippen LogP contribution is 2.23. The van der Waals surface area contributed by atoms with Gasteiger partial charge in [0.25, 0.3) is 5.91 Å². The number of benzene rings is 1. The lowest BCUT2D eigenvalue weighted by atomic mass is 10.1. The van der Waals surface area contributed by atoms with Gasteiger partial charge in [-0.2, -0.15) is 0 Å². The number of nitrogens with two attached hydrogens (primary N) is 1. The highest BCUT2D eigenvalue weighted by atomic mass is 32.1. The average molecular weight is 415 g/mol. The molecule has 0 bridgehead atoms. The maximum absolute atomic E-state index is 14.1. The molecule has 0 radical (unpaired) electrons. The first-order valence-electron chi connectivity index (χ1n) is 9.30. The van der Waals surface area contributed by atoms with E-state index in [2.05, 4.69) is 25.9 Å². The van der Waals surface area contributed by atoms with Gasteiger partial charge in [0, 0.05) is 29.4 Å². The number of anilines is 3. The second-order valence-electron chi connectivity index (χ2n) is 6.27. The Morgan fingerprint density at radius 3 is 2.86 bits per heavy atom. The molecular formula is C20H23FN6OS. The number of hydrogen-bond donors (Lipinski definition) is 4. The zero-order valence-corrected chi connectivity index (χ0v) is 16.6. The summed E-state index contributed by atoms with van der Waals surface area (Å²) < 4.78 is 14.1. The van der Waals surface area contributed by atoms with Crippen LogP contribution in [0.1, 0.15) is 28.1 Å². The van der Waals surface area contributed by atoms with Gasteiger partial charge in [0.1, 0.15) is 11.6 Å². The van der Waals surface area contributed by atoms with Gasteiger partial charge in [-0.15, -0.1) is 0 Å². The van der Waals surface area contributed by atoms with Crippen molar-refractivity contribution in [1.82, 2.24) is 15.3 Å². The molecule has 0 atom stereocenters. The predicted molar refractivity (Wildman–Crippen MR) is 114 cm³/mol. The fourth-order valence-electron chi connectivity index (χ4n) is 2.55. The molecule has 1 aromatic carbocycles. The van der Waals surface area contributed by atoms with E-state index in [1.165, 1.54) is 29.5 Å². The van der Waals surface area contributed by atoms with Gasteiger partial charge in [0.15, 0.2) is 5.13 Å². The van der Waals surface area contributed by atoms with Crippen LogP contribution in [0.25, 0.3) is 0 Å². The van der Waals surface area contributed by atoms with E-state index in [4.69, 9.17) is 5.73 Å². The number of rotatable bonds is 10. The van der Waals surface area contributed by atoms with Crippen molar-refractivity contribution in [1.29, 1.82) is 0 Å². The molecular weight excluding hydrogens is 391 g/mol. The number of nitrogens with zero attached hydrogens (tertiary/aromatic N) is 2.